The van der Waals surface area contributed by atoms with E-state index in [0.717, 1.165) is 5.69 Å². The number of ether oxygens (including phenoxy) is 1. The molecule has 0 radical (unpaired) electrons. The third kappa shape index (κ3) is 4.47. The molecule has 7 heteroatoms. The lowest BCUT2D eigenvalue weighted by molar-refractivity contribution is 0.0671. The Balaban J connectivity index is 2.14. The molecule has 0 atom stereocenters. The van der Waals surface area contributed by atoms with Gasteiger partial charge in [0.15, 0.2) is 10.8 Å². The number of carbonyl (C=O) groups excluding carboxylic acids is 1. The van der Waals surface area contributed by atoms with Crippen molar-refractivity contribution in [2.24, 2.45) is 0 Å². The molecule has 1 amide bonds. The molecular formula is C14H15ClN4O2. The Morgan fingerprint density at radius 2 is 2.14 bits per heavy atom. The summed E-state index contributed by atoms with van der Waals surface area (Å²) >= 11 is 5.68. The monoisotopic (exact) mass is 306 g/mol. The van der Waals surface area contributed by atoms with E-state index >= 15 is 0 Å². The number of pyridine rings is 1. The highest BCUT2D eigenvalue weighted by Gasteiger charge is 2.18. The van der Waals surface area contributed by atoms with Crippen molar-refractivity contribution in [3.05, 3.63) is 53.1 Å². The van der Waals surface area contributed by atoms with Crippen molar-refractivity contribution < 1.29 is 9.53 Å². The number of hydrogen-bond donors (Lipinski definition) is 0. The van der Waals surface area contributed by atoms with E-state index in [1.54, 1.807) is 24.3 Å². The van der Waals surface area contributed by atoms with Gasteiger partial charge in [0, 0.05) is 19.9 Å². The second-order valence-corrected chi connectivity index (χ2v) is 4.67. The molecule has 0 aliphatic rings. The average Bonchev–Trinajstić information content (AvgIpc) is 2.52. The number of carbonyl (C=O) groups is 1. The molecule has 6 nitrogen and oxygen atoms in total. The quantitative estimate of drug-likeness (QED) is 0.814. The highest BCUT2D eigenvalue weighted by molar-refractivity contribution is 6.29. The van der Waals surface area contributed by atoms with Crippen molar-refractivity contribution in [1.82, 2.24) is 20.1 Å². The Labute approximate surface area is 127 Å². The molecule has 0 aromatic carbocycles. The van der Waals surface area contributed by atoms with Crippen molar-refractivity contribution in [3.8, 4) is 0 Å². The van der Waals surface area contributed by atoms with Gasteiger partial charge in [-0.1, -0.05) is 17.7 Å². The molecular weight excluding hydrogens is 292 g/mol. The number of aromatic nitrogens is 3. The van der Waals surface area contributed by atoms with Crippen LogP contribution in [-0.2, 0) is 11.3 Å². The van der Waals surface area contributed by atoms with Crippen molar-refractivity contribution in [1.29, 1.82) is 0 Å². The fraction of sp³-hybridized carbons (Fsp3) is 0.286. The fourth-order valence-corrected chi connectivity index (χ4v) is 1.83. The molecule has 0 fully saturated rings. The van der Waals surface area contributed by atoms with Gasteiger partial charge in [-0.25, -0.2) is 0 Å². The van der Waals surface area contributed by atoms with Gasteiger partial charge in [-0.05, 0) is 24.3 Å². The number of methoxy groups -OCH3 is 1. The summed E-state index contributed by atoms with van der Waals surface area (Å²) in [4.78, 5) is 18.3. The van der Waals surface area contributed by atoms with Gasteiger partial charge in [-0.2, -0.15) is 0 Å². The van der Waals surface area contributed by atoms with E-state index in [1.165, 1.54) is 6.07 Å². The van der Waals surface area contributed by atoms with Crippen LogP contribution in [0.4, 0.5) is 0 Å². The molecule has 2 aromatic heterocycles. The topological polar surface area (TPSA) is 68.2 Å². The zero-order valence-electron chi connectivity index (χ0n) is 11.6. The van der Waals surface area contributed by atoms with Gasteiger partial charge in [-0.15, -0.1) is 10.2 Å². The zero-order chi connectivity index (χ0) is 15.1. The van der Waals surface area contributed by atoms with E-state index in [0.29, 0.717) is 19.7 Å². The lowest BCUT2D eigenvalue weighted by Gasteiger charge is -2.21. The maximum Gasteiger partial charge on any atom is 0.274 e. The molecule has 0 unspecified atom stereocenters. The number of amides is 1. The Kier molecular flexibility index (Phi) is 5.59. The van der Waals surface area contributed by atoms with E-state index in [9.17, 15) is 4.79 Å². The Hall–Kier alpha value is -2.05. The normalized spacial score (nSPS) is 10.4. The molecule has 2 aromatic rings. The largest absolute Gasteiger partial charge is 0.383 e. The van der Waals surface area contributed by atoms with Gasteiger partial charge in [-0.3, -0.25) is 9.78 Å². The third-order valence-electron chi connectivity index (χ3n) is 2.78. The average molecular weight is 307 g/mol. The van der Waals surface area contributed by atoms with E-state index < -0.39 is 0 Å². The van der Waals surface area contributed by atoms with Crippen molar-refractivity contribution in [2.45, 2.75) is 6.54 Å². The summed E-state index contributed by atoms with van der Waals surface area (Å²) in [5, 5.41) is 7.76. The Bertz CT molecular complexity index is 577. The Morgan fingerprint density at radius 1 is 1.29 bits per heavy atom. The summed E-state index contributed by atoms with van der Waals surface area (Å²) in [5.41, 5.74) is 1.04. The lowest BCUT2D eigenvalue weighted by atomic mass is 10.3. The van der Waals surface area contributed by atoms with Crippen LogP contribution in [0.2, 0.25) is 5.15 Å². The summed E-state index contributed by atoms with van der Waals surface area (Å²) in [7, 11) is 1.59. The first-order chi connectivity index (χ1) is 10.2. The van der Waals surface area contributed by atoms with E-state index in [4.69, 9.17) is 16.3 Å². The molecule has 21 heavy (non-hydrogen) atoms. The molecule has 0 saturated carbocycles. The van der Waals surface area contributed by atoms with Crippen molar-refractivity contribution >= 4 is 17.5 Å². The molecule has 0 spiro atoms. The van der Waals surface area contributed by atoms with Crippen LogP contribution in [0.15, 0.2) is 36.5 Å². The highest BCUT2D eigenvalue weighted by atomic mass is 35.5. The van der Waals surface area contributed by atoms with Crippen LogP contribution in [0, 0.1) is 0 Å². The minimum Gasteiger partial charge on any atom is -0.383 e. The number of hydrogen-bond acceptors (Lipinski definition) is 5. The van der Waals surface area contributed by atoms with Gasteiger partial charge in [0.2, 0.25) is 0 Å². The third-order valence-corrected chi connectivity index (χ3v) is 2.98. The van der Waals surface area contributed by atoms with Gasteiger partial charge in [0.25, 0.3) is 5.91 Å². The summed E-state index contributed by atoms with van der Waals surface area (Å²) < 4.78 is 5.04. The highest BCUT2D eigenvalue weighted by Crippen LogP contribution is 2.08. The molecule has 0 saturated heterocycles. The maximum atomic E-state index is 12.5. The molecule has 2 rings (SSSR count). The van der Waals surface area contributed by atoms with Crippen molar-refractivity contribution in [2.75, 3.05) is 20.3 Å². The molecule has 0 aliphatic carbocycles. The first-order valence-corrected chi connectivity index (χ1v) is 6.76. The molecule has 110 valence electrons. The summed E-state index contributed by atoms with van der Waals surface area (Å²) in [6, 6.07) is 8.66. The smallest absolute Gasteiger partial charge is 0.274 e. The SMILES string of the molecule is COCCN(Cc1ccccn1)C(=O)c1ccc(Cl)nn1. The van der Waals surface area contributed by atoms with Crippen LogP contribution in [0.1, 0.15) is 16.2 Å². The standard InChI is InChI=1S/C14H15ClN4O2/c1-21-9-8-19(10-11-4-2-3-7-16-11)14(20)12-5-6-13(15)18-17-12/h2-7H,8-10H2,1H3. The van der Waals surface area contributed by atoms with E-state index in [-0.39, 0.29) is 16.8 Å². The van der Waals surface area contributed by atoms with Gasteiger partial charge in [0.05, 0.1) is 18.8 Å². The second kappa shape index (κ2) is 7.66. The maximum absolute atomic E-state index is 12.5. The minimum atomic E-state index is -0.234. The molecule has 0 bridgehead atoms. The molecule has 0 N–H and O–H groups in total. The van der Waals surface area contributed by atoms with Crippen LogP contribution >= 0.6 is 11.6 Å². The summed E-state index contributed by atoms with van der Waals surface area (Å²) in [6.45, 7) is 1.25. The number of halogens is 1. The van der Waals surface area contributed by atoms with E-state index in [2.05, 4.69) is 15.2 Å². The van der Waals surface area contributed by atoms with Gasteiger partial charge >= 0.3 is 0 Å². The first kappa shape index (κ1) is 15.3. The van der Waals surface area contributed by atoms with Crippen LogP contribution in [0.25, 0.3) is 0 Å². The zero-order valence-corrected chi connectivity index (χ0v) is 12.3. The van der Waals surface area contributed by atoms with Crippen LogP contribution < -0.4 is 0 Å². The van der Waals surface area contributed by atoms with Crippen LogP contribution in [-0.4, -0.2) is 46.2 Å². The summed E-state index contributed by atoms with van der Waals surface area (Å²) in [5.74, 6) is -0.234. The number of rotatable bonds is 6. The molecule has 2 heterocycles. The fourth-order valence-electron chi connectivity index (χ4n) is 1.73. The van der Waals surface area contributed by atoms with Crippen molar-refractivity contribution in [3.63, 3.8) is 0 Å². The minimum absolute atomic E-state index is 0.234. The summed E-state index contributed by atoms with van der Waals surface area (Å²) in [6.07, 6.45) is 1.69. The van der Waals surface area contributed by atoms with Gasteiger partial charge in [0.1, 0.15) is 0 Å². The Morgan fingerprint density at radius 3 is 2.76 bits per heavy atom. The predicted octanol–water partition coefficient (Wildman–Crippen LogP) is 1.81. The number of nitrogens with zero attached hydrogens (tertiary/aromatic N) is 4. The van der Waals surface area contributed by atoms with Crippen LogP contribution in [0.3, 0.4) is 0 Å². The molecule has 0 aliphatic heterocycles. The second-order valence-electron chi connectivity index (χ2n) is 4.28. The lowest BCUT2D eigenvalue weighted by Crippen LogP contribution is -2.34. The first-order valence-electron chi connectivity index (χ1n) is 6.38. The van der Waals surface area contributed by atoms with Crippen LogP contribution in [0.5, 0.6) is 0 Å². The predicted molar refractivity (Wildman–Crippen MR) is 77.9 cm³/mol. The van der Waals surface area contributed by atoms with Gasteiger partial charge < -0.3 is 9.64 Å². The van der Waals surface area contributed by atoms with E-state index in [1.807, 2.05) is 18.2 Å².